The molecule has 1 heterocycles. The lowest BCUT2D eigenvalue weighted by atomic mass is 10.2. The minimum atomic E-state index is 0. The van der Waals surface area contributed by atoms with Crippen molar-refractivity contribution in [1.82, 2.24) is 20.5 Å². The number of pyridine rings is 1. The van der Waals surface area contributed by atoms with Gasteiger partial charge in [-0.3, -0.25) is 14.9 Å². The van der Waals surface area contributed by atoms with E-state index in [-0.39, 0.29) is 24.0 Å². The standard InChI is InChI=1S/C20H37N5.HI/c1-7-21-20(22-12-8-14-25(16(2)3)17(4)5)23-13-11-19-10-9-18(6)24-15-19;/h9-10,15-17H,7-8,11-14H2,1-6H3,(H2,21,22,23);1H. The number of nitrogens with zero attached hydrogens (tertiary/aromatic N) is 3. The molecule has 0 bridgehead atoms. The minimum Gasteiger partial charge on any atom is -0.357 e. The first-order chi connectivity index (χ1) is 11.9. The van der Waals surface area contributed by atoms with E-state index in [1.165, 1.54) is 5.56 Å². The summed E-state index contributed by atoms with van der Waals surface area (Å²) in [6.45, 7) is 16.8. The highest BCUT2D eigenvalue weighted by Crippen LogP contribution is 2.05. The van der Waals surface area contributed by atoms with Gasteiger partial charge in [0.2, 0.25) is 0 Å². The molecule has 0 fully saturated rings. The molecule has 0 spiro atoms. The summed E-state index contributed by atoms with van der Waals surface area (Å²) in [6.07, 6.45) is 3.98. The summed E-state index contributed by atoms with van der Waals surface area (Å²) in [7, 11) is 0. The molecular weight excluding hydrogens is 437 g/mol. The first kappa shape index (κ1) is 25.1. The molecule has 0 atom stereocenters. The lowest BCUT2D eigenvalue weighted by molar-refractivity contribution is 0.174. The summed E-state index contributed by atoms with van der Waals surface area (Å²) >= 11 is 0. The second kappa shape index (κ2) is 14.2. The van der Waals surface area contributed by atoms with Crippen molar-refractivity contribution in [3.05, 3.63) is 29.6 Å². The Hall–Kier alpha value is -0.890. The Labute approximate surface area is 177 Å². The number of guanidine groups is 1. The molecule has 6 heteroatoms. The molecule has 26 heavy (non-hydrogen) atoms. The maximum atomic E-state index is 4.70. The number of hydrogen-bond donors (Lipinski definition) is 2. The summed E-state index contributed by atoms with van der Waals surface area (Å²) in [6, 6.07) is 5.36. The van der Waals surface area contributed by atoms with Crippen LogP contribution in [0.2, 0.25) is 0 Å². The van der Waals surface area contributed by atoms with Crippen LogP contribution in [0.4, 0.5) is 0 Å². The van der Waals surface area contributed by atoms with E-state index in [0.29, 0.717) is 12.1 Å². The molecule has 1 aromatic heterocycles. The minimum absolute atomic E-state index is 0. The third-order valence-corrected chi connectivity index (χ3v) is 4.19. The summed E-state index contributed by atoms with van der Waals surface area (Å²) in [5.41, 5.74) is 2.31. The Morgan fingerprint density at radius 3 is 2.38 bits per heavy atom. The van der Waals surface area contributed by atoms with E-state index in [1.807, 2.05) is 13.1 Å². The normalized spacial score (nSPS) is 11.8. The largest absolute Gasteiger partial charge is 0.357 e. The summed E-state index contributed by atoms with van der Waals surface area (Å²) in [5, 5.41) is 6.74. The quantitative estimate of drug-likeness (QED) is 0.235. The fourth-order valence-corrected chi connectivity index (χ4v) is 2.87. The molecule has 0 aromatic carbocycles. The number of nitrogens with one attached hydrogen (secondary N) is 2. The zero-order chi connectivity index (χ0) is 18.7. The van der Waals surface area contributed by atoms with Crippen molar-refractivity contribution in [2.45, 2.75) is 66.5 Å². The Kier molecular flexibility index (Phi) is 13.7. The Bertz CT molecular complexity index is 491. The number of aryl methyl sites for hydroxylation is 1. The molecule has 0 aliphatic rings. The maximum Gasteiger partial charge on any atom is 0.191 e. The molecule has 1 rings (SSSR count). The van der Waals surface area contributed by atoms with E-state index >= 15 is 0 Å². The van der Waals surface area contributed by atoms with Crippen LogP contribution < -0.4 is 10.6 Å². The maximum absolute atomic E-state index is 4.70. The summed E-state index contributed by atoms with van der Waals surface area (Å²) < 4.78 is 0. The van der Waals surface area contributed by atoms with Gasteiger partial charge in [-0.2, -0.15) is 0 Å². The van der Waals surface area contributed by atoms with Crippen LogP contribution >= 0.6 is 24.0 Å². The van der Waals surface area contributed by atoms with E-state index in [0.717, 1.165) is 50.7 Å². The van der Waals surface area contributed by atoms with Crippen LogP contribution in [0.1, 0.15) is 52.3 Å². The zero-order valence-electron chi connectivity index (χ0n) is 17.4. The highest BCUT2D eigenvalue weighted by atomic mass is 127. The van der Waals surface area contributed by atoms with Crippen molar-refractivity contribution >= 4 is 29.9 Å². The summed E-state index contributed by atoms with van der Waals surface area (Å²) in [4.78, 5) is 11.6. The Morgan fingerprint density at radius 2 is 1.85 bits per heavy atom. The first-order valence-corrected chi connectivity index (χ1v) is 9.63. The molecular formula is C20H38IN5. The van der Waals surface area contributed by atoms with Crippen LogP contribution in [0.25, 0.3) is 0 Å². The van der Waals surface area contributed by atoms with Gasteiger partial charge in [0, 0.05) is 50.2 Å². The van der Waals surface area contributed by atoms with Gasteiger partial charge >= 0.3 is 0 Å². The molecule has 150 valence electrons. The smallest absolute Gasteiger partial charge is 0.191 e. The van der Waals surface area contributed by atoms with Gasteiger partial charge in [0.25, 0.3) is 0 Å². The van der Waals surface area contributed by atoms with Crippen LogP contribution in [-0.2, 0) is 6.42 Å². The van der Waals surface area contributed by atoms with Gasteiger partial charge in [-0.1, -0.05) is 6.07 Å². The molecule has 0 saturated heterocycles. The molecule has 2 N–H and O–H groups in total. The molecule has 0 amide bonds. The topological polar surface area (TPSA) is 52.6 Å². The monoisotopic (exact) mass is 475 g/mol. The third-order valence-electron chi connectivity index (χ3n) is 4.19. The first-order valence-electron chi connectivity index (χ1n) is 9.63. The number of halogens is 1. The van der Waals surface area contributed by atoms with Gasteiger partial charge < -0.3 is 10.6 Å². The molecule has 5 nitrogen and oxygen atoms in total. The molecule has 1 aromatic rings. The number of rotatable bonds is 10. The van der Waals surface area contributed by atoms with Crippen molar-refractivity contribution in [3.63, 3.8) is 0 Å². The number of aliphatic imine (C=N–C) groups is 1. The van der Waals surface area contributed by atoms with Crippen LogP contribution in [0.15, 0.2) is 23.3 Å². The van der Waals surface area contributed by atoms with Crippen LogP contribution in [0, 0.1) is 6.92 Å². The van der Waals surface area contributed by atoms with E-state index < -0.39 is 0 Å². The Morgan fingerprint density at radius 1 is 1.15 bits per heavy atom. The fourth-order valence-electron chi connectivity index (χ4n) is 2.87. The lowest BCUT2D eigenvalue weighted by Crippen LogP contribution is -2.39. The van der Waals surface area contributed by atoms with E-state index in [2.05, 4.69) is 67.3 Å². The third kappa shape index (κ3) is 10.3. The average molecular weight is 475 g/mol. The second-order valence-electron chi connectivity index (χ2n) is 7.02. The van der Waals surface area contributed by atoms with E-state index in [9.17, 15) is 0 Å². The second-order valence-corrected chi connectivity index (χ2v) is 7.02. The Balaban J connectivity index is 0.00000625. The highest BCUT2D eigenvalue weighted by molar-refractivity contribution is 14.0. The SMILES string of the molecule is CCNC(=NCCCN(C(C)C)C(C)C)NCCc1ccc(C)nc1.I. The fraction of sp³-hybridized carbons (Fsp3) is 0.700. The summed E-state index contributed by atoms with van der Waals surface area (Å²) in [5.74, 6) is 0.906. The molecule has 0 aliphatic heterocycles. The van der Waals surface area contributed by atoms with Crippen LogP contribution in [0.3, 0.4) is 0 Å². The average Bonchev–Trinajstić information content (AvgIpc) is 2.55. The lowest BCUT2D eigenvalue weighted by Gasteiger charge is -2.30. The zero-order valence-corrected chi connectivity index (χ0v) is 19.7. The number of hydrogen-bond acceptors (Lipinski definition) is 3. The molecule has 0 aliphatic carbocycles. The van der Waals surface area contributed by atoms with Gasteiger partial charge in [0.1, 0.15) is 0 Å². The predicted molar refractivity (Wildman–Crippen MR) is 124 cm³/mol. The van der Waals surface area contributed by atoms with Crippen LogP contribution in [-0.4, -0.2) is 54.1 Å². The molecule has 0 saturated carbocycles. The molecule has 0 radical (unpaired) electrons. The van der Waals surface area contributed by atoms with Crippen molar-refractivity contribution < 1.29 is 0 Å². The van der Waals surface area contributed by atoms with Crippen LogP contribution in [0.5, 0.6) is 0 Å². The van der Waals surface area contributed by atoms with Crippen molar-refractivity contribution in [2.75, 3.05) is 26.2 Å². The van der Waals surface area contributed by atoms with Gasteiger partial charge in [0.15, 0.2) is 5.96 Å². The number of aromatic nitrogens is 1. The van der Waals surface area contributed by atoms with Gasteiger partial charge in [-0.15, -0.1) is 24.0 Å². The predicted octanol–water partition coefficient (Wildman–Crippen LogP) is 3.61. The van der Waals surface area contributed by atoms with Gasteiger partial charge in [-0.05, 0) is 66.0 Å². The highest BCUT2D eigenvalue weighted by Gasteiger charge is 2.12. The van der Waals surface area contributed by atoms with Crippen molar-refractivity contribution in [3.8, 4) is 0 Å². The molecule has 0 unspecified atom stereocenters. The van der Waals surface area contributed by atoms with Gasteiger partial charge in [-0.25, -0.2) is 0 Å². The van der Waals surface area contributed by atoms with E-state index in [1.54, 1.807) is 0 Å². The van der Waals surface area contributed by atoms with Crippen molar-refractivity contribution in [2.24, 2.45) is 4.99 Å². The van der Waals surface area contributed by atoms with Crippen molar-refractivity contribution in [1.29, 1.82) is 0 Å². The van der Waals surface area contributed by atoms with E-state index in [4.69, 9.17) is 4.99 Å². The van der Waals surface area contributed by atoms with Gasteiger partial charge in [0.05, 0.1) is 0 Å².